The van der Waals surface area contributed by atoms with Gasteiger partial charge in [-0.1, -0.05) is 0 Å². The van der Waals surface area contributed by atoms with Crippen molar-refractivity contribution in [3.63, 3.8) is 0 Å². The second kappa shape index (κ2) is 5.60. The van der Waals surface area contributed by atoms with E-state index in [0.29, 0.717) is 0 Å². The molecule has 0 radical (unpaired) electrons. The van der Waals surface area contributed by atoms with Gasteiger partial charge in [-0.2, -0.15) is 0 Å². The van der Waals surface area contributed by atoms with Gasteiger partial charge in [0.15, 0.2) is 0 Å². The Labute approximate surface area is 106 Å². The van der Waals surface area contributed by atoms with Gasteiger partial charge in [-0.05, 0) is 32.9 Å². The third-order valence-electron chi connectivity index (χ3n) is 3.34. The summed E-state index contributed by atoms with van der Waals surface area (Å²) in [5, 5.41) is 3.26. The van der Waals surface area contributed by atoms with Gasteiger partial charge in [-0.15, -0.1) is 11.3 Å². The number of hydrogen-bond acceptors (Lipinski definition) is 4. The van der Waals surface area contributed by atoms with Crippen molar-refractivity contribution in [1.29, 1.82) is 0 Å². The van der Waals surface area contributed by atoms with E-state index in [-0.39, 0.29) is 11.8 Å². The zero-order valence-electron chi connectivity index (χ0n) is 10.2. The summed E-state index contributed by atoms with van der Waals surface area (Å²) >= 11 is 1.70. The number of carbonyl (C=O) groups is 1. The van der Waals surface area contributed by atoms with E-state index < -0.39 is 0 Å². The van der Waals surface area contributed by atoms with Crippen molar-refractivity contribution in [3.05, 3.63) is 16.1 Å². The second-order valence-electron chi connectivity index (χ2n) is 4.63. The van der Waals surface area contributed by atoms with Crippen LogP contribution in [-0.4, -0.2) is 35.4 Å². The van der Waals surface area contributed by atoms with E-state index in [0.717, 1.165) is 43.9 Å². The van der Waals surface area contributed by atoms with Crippen LogP contribution in [0.15, 0.2) is 5.38 Å². The van der Waals surface area contributed by atoms with Crippen molar-refractivity contribution in [2.45, 2.75) is 26.2 Å². The van der Waals surface area contributed by atoms with Gasteiger partial charge < -0.3 is 10.6 Å². The molecule has 1 amide bonds. The summed E-state index contributed by atoms with van der Waals surface area (Å²) in [7, 11) is 0. The molecule has 0 aliphatic carbocycles. The second-order valence-corrected chi connectivity index (χ2v) is 5.69. The fraction of sp³-hybridized carbons (Fsp3) is 0.667. The molecule has 94 valence electrons. The Balaban J connectivity index is 1.73. The molecule has 1 aromatic heterocycles. The minimum Gasteiger partial charge on any atom is -0.369 e. The molecule has 1 aliphatic heterocycles. The van der Waals surface area contributed by atoms with Crippen molar-refractivity contribution < 1.29 is 4.79 Å². The Morgan fingerprint density at radius 3 is 2.82 bits per heavy atom. The molecule has 0 atom stereocenters. The number of rotatable bonds is 4. The molecule has 0 aromatic carbocycles. The molecule has 0 spiro atoms. The molecule has 1 saturated heterocycles. The minimum absolute atomic E-state index is 0.0905. The number of likely N-dealkylation sites (tertiary alicyclic amines) is 1. The first-order valence-electron chi connectivity index (χ1n) is 6.08. The quantitative estimate of drug-likeness (QED) is 0.877. The van der Waals surface area contributed by atoms with Crippen LogP contribution in [-0.2, 0) is 11.2 Å². The van der Waals surface area contributed by atoms with Gasteiger partial charge in [-0.25, -0.2) is 4.98 Å². The number of aromatic nitrogens is 1. The van der Waals surface area contributed by atoms with Crippen molar-refractivity contribution in [2.75, 3.05) is 19.6 Å². The number of amides is 1. The monoisotopic (exact) mass is 253 g/mol. The highest BCUT2D eigenvalue weighted by molar-refractivity contribution is 7.09. The van der Waals surface area contributed by atoms with Crippen LogP contribution in [0.1, 0.15) is 23.5 Å². The number of primary amides is 1. The van der Waals surface area contributed by atoms with Crippen LogP contribution in [0.25, 0.3) is 0 Å². The van der Waals surface area contributed by atoms with Crippen LogP contribution in [0.3, 0.4) is 0 Å². The van der Waals surface area contributed by atoms with Crippen molar-refractivity contribution in [3.8, 4) is 0 Å². The molecule has 0 saturated carbocycles. The number of nitrogens with two attached hydrogens (primary N) is 1. The average molecular weight is 253 g/mol. The molecule has 0 bridgehead atoms. The van der Waals surface area contributed by atoms with Crippen molar-refractivity contribution >= 4 is 17.2 Å². The molecule has 2 N–H and O–H groups in total. The summed E-state index contributed by atoms with van der Waals surface area (Å²) in [5.74, 6) is -0.0486. The Morgan fingerprint density at radius 1 is 1.59 bits per heavy atom. The number of carbonyl (C=O) groups excluding carboxylic acids is 1. The van der Waals surface area contributed by atoms with Gasteiger partial charge >= 0.3 is 0 Å². The maximum absolute atomic E-state index is 11.0. The van der Waals surface area contributed by atoms with Crippen molar-refractivity contribution in [2.24, 2.45) is 11.7 Å². The van der Waals surface area contributed by atoms with Gasteiger partial charge in [0.25, 0.3) is 0 Å². The zero-order valence-corrected chi connectivity index (χ0v) is 11.0. The molecule has 1 aliphatic rings. The largest absolute Gasteiger partial charge is 0.369 e. The summed E-state index contributed by atoms with van der Waals surface area (Å²) in [6.07, 6.45) is 2.82. The molecule has 4 nitrogen and oxygen atoms in total. The Hall–Kier alpha value is -0.940. The molecule has 1 fully saturated rings. The summed E-state index contributed by atoms with van der Waals surface area (Å²) in [4.78, 5) is 17.9. The lowest BCUT2D eigenvalue weighted by Crippen LogP contribution is -2.39. The van der Waals surface area contributed by atoms with Gasteiger partial charge in [-0.3, -0.25) is 4.79 Å². The maximum Gasteiger partial charge on any atom is 0.220 e. The SMILES string of the molecule is Cc1nc(CCN2CCC(C(N)=O)CC2)cs1. The highest BCUT2D eigenvalue weighted by Gasteiger charge is 2.22. The highest BCUT2D eigenvalue weighted by Crippen LogP contribution is 2.17. The van der Waals surface area contributed by atoms with E-state index in [1.54, 1.807) is 11.3 Å². The molecule has 0 unspecified atom stereocenters. The van der Waals surface area contributed by atoms with Crippen molar-refractivity contribution in [1.82, 2.24) is 9.88 Å². The van der Waals surface area contributed by atoms with E-state index in [1.807, 2.05) is 6.92 Å². The molecule has 2 rings (SSSR count). The first-order chi connectivity index (χ1) is 8.15. The summed E-state index contributed by atoms with van der Waals surface area (Å²) < 4.78 is 0. The predicted molar refractivity (Wildman–Crippen MR) is 68.9 cm³/mol. The van der Waals surface area contributed by atoms with Crippen LogP contribution >= 0.6 is 11.3 Å². The molecule has 5 heteroatoms. The minimum atomic E-state index is -0.139. The van der Waals surface area contributed by atoms with E-state index in [2.05, 4.69) is 15.3 Å². The Kier molecular flexibility index (Phi) is 4.12. The van der Waals surface area contributed by atoms with Crippen LogP contribution in [0.5, 0.6) is 0 Å². The van der Waals surface area contributed by atoms with Crippen LogP contribution in [0.4, 0.5) is 0 Å². The first kappa shape index (κ1) is 12.5. The third kappa shape index (κ3) is 3.51. The van der Waals surface area contributed by atoms with Gasteiger partial charge in [0.05, 0.1) is 10.7 Å². The smallest absolute Gasteiger partial charge is 0.220 e. The zero-order chi connectivity index (χ0) is 12.3. The summed E-state index contributed by atoms with van der Waals surface area (Å²) in [6.45, 7) is 5.04. The number of hydrogen-bond donors (Lipinski definition) is 1. The van der Waals surface area contributed by atoms with E-state index >= 15 is 0 Å². The Morgan fingerprint density at radius 2 is 2.29 bits per heavy atom. The standard InChI is InChI=1S/C12H19N3OS/c1-9-14-11(8-17-9)4-7-15-5-2-10(3-6-15)12(13)16/h8,10H,2-7H2,1H3,(H2,13,16). The fourth-order valence-corrected chi connectivity index (χ4v) is 2.88. The highest BCUT2D eigenvalue weighted by atomic mass is 32.1. The average Bonchev–Trinajstić information content (AvgIpc) is 2.73. The number of thiazole rings is 1. The lowest BCUT2D eigenvalue weighted by Gasteiger charge is -2.30. The lowest BCUT2D eigenvalue weighted by atomic mass is 9.96. The molecule has 1 aromatic rings. The predicted octanol–water partition coefficient (Wildman–Crippen LogP) is 1.19. The number of piperidine rings is 1. The first-order valence-corrected chi connectivity index (χ1v) is 6.96. The van der Waals surface area contributed by atoms with Gasteiger partial charge in [0, 0.05) is 24.3 Å². The van der Waals surface area contributed by atoms with Crippen LogP contribution < -0.4 is 5.73 Å². The van der Waals surface area contributed by atoms with Gasteiger partial charge in [0.1, 0.15) is 0 Å². The summed E-state index contributed by atoms with van der Waals surface area (Å²) in [6, 6.07) is 0. The normalized spacial score (nSPS) is 18.4. The van der Waals surface area contributed by atoms with E-state index in [1.165, 1.54) is 5.69 Å². The van der Waals surface area contributed by atoms with Crippen LogP contribution in [0.2, 0.25) is 0 Å². The molecule has 2 heterocycles. The lowest BCUT2D eigenvalue weighted by molar-refractivity contribution is -0.123. The fourth-order valence-electron chi connectivity index (χ4n) is 2.24. The molecular formula is C12H19N3OS. The van der Waals surface area contributed by atoms with Gasteiger partial charge in [0.2, 0.25) is 5.91 Å². The number of aryl methyl sites for hydroxylation is 1. The van der Waals surface area contributed by atoms with E-state index in [4.69, 9.17) is 5.73 Å². The Bertz CT molecular complexity index is 383. The topological polar surface area (TPSA) is 59.2 Å². The molecular weight excluding hydrogens is 234 g/mol. The molecule has 17 heavy (non-hydrogen) atoms. The third-order valence-corrected chi connectivity index (χ3v) is 4.16. The number of nitrogens with zero attached hydrogens (tertiary/aromatic N) is 2. The summed E-state index contributed by atoms with van der Waals surface area (Å²) in [5.41, 5.74) is 6.50. The van der Waals surface area contributed by atoms with Crippen LogP contribution in [0, 0.1) is 12.8 Å². The van der Waals surface area contributed by atoms with E-state index in [9.17, 15) is 4.79 Å². The maximum atomic E-state index is 11.0.